The molecule has 1 aliphatic rings. The number of carbonyl (C=O) groups excluding carboxylic acids is 7. The predicted octanol–water partition coefficient (Wildman–Crippen LogP) is 0.829. The molecule has 266 valence electrons. The molecule has 6 atom stereocenters. The van der Waals surface area contributed by atoms with Crippen molar-refractivity contribution in [2.75, 3.05) is 13.7 Å². The van der Waals surface area contributed by atoms with Crippen LogP contribution in [0.5, 0.6) is 0 Å². The lowest BCUT2D eigenvalue weighted by Crippen LogP contribution is -2.72. The van der Waals surface area contributed by atoms with Crippen LogP contribution in [0.4, 0.5) is 0 Å². The molecular formula is C30H46N2O15. The Balaban J connectivity index is 3.50. The molecule has 0 saturated carbocycles. The number of aliphatic carboxylic acids is 1. The van der Waals surface area contributed by atoms with Gasteiger partial charge in [0.1, 0.15) is 18.8 Å². The first-order valence-corrected chi connectivity index (χ1v) is 15.2. The van der Waals surface area contributed by atoms with Crippen LogP contribution in [0.3, 0.4) is 0 Å². The molecule has 1 fully saturated rings. The Hall–Kier alpha value is -4.28. The molecular weight excluding hydrogens is 628 g/mol. The number of unbranched alkanes of at least 4 members (excludes halogenated alkanes) is 5. The summed E-state index contributed by atoms with van der Waals surface area (Å²) in [4.78, 5) is 97.8. The molecule has 17 nitrogen and oxygen atoms in total. The van der Waals surface area contributed by atoms with E-state index < -0.39 is 96.8 Å². The predicted molar refractivity (Wildman–Crippen MR) is 158 cm³/mol. The van der Waals surface area contributed by atoms with E-state index in [9.17, 15) is 38.4 Å². The van der Waals surface area contributed by atoms with Crippen molar-refractivity contribution < 1.29 is 71.9 Å². The van der Waals surface area contributed by atoms with Gasteiger partial charge in [0.15, 0.2) is 12.2 Å². The normalized spacial score (nSPS) is 21.6. The summed E-state index contributed by atoms with van der Waals surface area (Å²) in [5, 5.41) is 13.8. The molecule has 0 spiro atoms. The quantitative estimate of drug-likeness (QED) is 0.0977. The van der Waals surface area contributed by atoms with E-state index in [0.29, 0.717) is 19.3 Å². The van der Waals surface area contributed by atoms with Gasteiger partial charge in [0.05, 0.1) is 13.2 Å². The van der Waals surface area contributed by atoms with Crippen molar-refractivity contribution >= 4 is 47.6 Å². The third kappa shape index (κ3) is 14.8. The van der Waals surface area contributed by atoms with Gasteiger partial charge in [-0.15, -0.1) is 0 Å². The number of nitrogens with one attached hydrogen (secondary N) is 2. The van der Waals surface area contributed by atoms with Gasteiger partial charge in [-0.05, 0) is 12.8 Å². The molecule has 0 aromatic heterocycles. The topological polar surface area (TPSA) is 236 Å². The fraction of sp³-hybridized carbons (Fsp3) is 0.733. The van der Waals surface area contributed by atoms with Gasteiger partial charge in [-0.2, -0.15) is 0 Å². The maximum Gasteiger partial charge on any atom is 0.359 e. The summed E-state index contributed by atoms with van der Waals surface area (Å²) in [6.45, 7) is 4.70. The molecule has 3 N–H and O–H groups in total. The van der Waals surface area contributed by atoms with Crippen molar-refractivity contribution in [3.63, 3.8) is 0 Å². The second kappa shape index (κ2) is 20.1. The number of methoxy groups -OCH3 is 1. The highest BCUT2D eigenvalue weighted by Crippen LogP contribution is 2.35. The molecule has 2 amide bonds. The molecule has 1 rings (SSSR count). The fourth-order valence-electron chi connectivity index (χ4n) is 5.12. The van der Waals surface area contributed by atoms with Gasteiger partial charge in [0.2, 0.25) is 17.5 Å². The Labute approximate surface area is 272 Å². The van der Waals surface area contributed by atoms with Crippen molar-refractivity contribution in [3.05, 3.63) is 0 Å². The molecule has 0 unspecified atom stereocenters. The summed E-state index contributed by atoms with van der Waals surface area (Å²) in [6.07, 6.45) is -3.04. The lowest BCUT2D eigenvalue weighted by Gasteiger charge is -2.49. The Morgan fingerprint density at radius 3 is 1.87 bits per heavy atom. The molecule has 1 aliphatic heterocycles. The van der Waals surface area contributed by atoms with Crippen molar-refractivity contribution in [1.82, 2.24) is 10.6 Å². The highest BCUT2D eigenvalue weighted by molar-refractivity contribution is 5.87. The van der Waals surface area contributed by atoms with Crippen LogP contribution < -0.4 is 10.6 Å². The van der Waals surface area contributed by atoms with Crippen molar-refractivity contribution in [1.29, 1.82) is 0 Å². The minimum Gasteiger partial charge on any atom is -0.481 e. The fourth-order valence-corrected chi connectivity index (χ4v) is 5.12. The average Bonchev–Trinajstić information content (AvgIpc) is 2.95. The highest BCUT2D eigenvalue weighted by atomic mass is 16.6. The van der Waals surface area contributed by atoms with Gasteiger partial charge < -0.3 is 44.2 Å². The number of amides is 2. The van der Waals surface area contributed by atoms with Gasteiger partial charge in [-0.25, -0.2) is 4.79 Å². The molecule has 17 heteroatoms. The van der Waals surface area contributed by atoms with E-state index in [2.05, 4.69) is 10.6 Å². The Morgan fingerprint density at radius 2 is 1.38 bits per heavy atom. The molecule has 47 heavy (non-hydrogen) atoms. The molecule has 0 aromatic rings. The van der Waals surface area contributed by atoms with Crippen LogP contribution in [0, 0.1) is 0 Å². The zero-order valence-electron chi connectivity index (χ0n) is 27.6. The van der Waals surface area contributed by atoms with Gasteiger partial charge in [0.25, 0.3) is 0 Å². The van der Waals surface area contributed by atoms with E-state index in [1.165, 1.54) is 0 Å². The highest BCUT2D eigenvalue weighted by Gasteiger charge is 2.59. The number of carboxylic acid groups (broad SMARTS) is 1. The first-order chi connectivity index (χ1) is 22.0. The van der Waals surface area contributed by atoms with E-state index in [4.69, 9.17) is 33.5 Å². The van der Waals surface area contributed by atoms with E-state index >= 15 is 0 Å². The largest absolute Gasteiger partial charge is 0.481 e. The summed E-state index contributed by atoms with van der Waals surface area (Å²) >= 11 is 0. The lowest BCUT2D eigenvalue weighted by molar-refractivity contribution is -0.248. The number of rotatable bonds is 19. The minimum absolute atomic E-state index is 0.0643. The Kier molecular flexibility index (Phi) is 17.4. The zero-order valence-corrected chi connectivity index (χ0v) is 27.6. The van der Waals surface area contributed by atoms with E-state index in [1.54, 1.807) is 0 Å². The summed E-state index contributed by atoms with van der Waals surface area (Å²) in [7, 11) is 1.02. The molecule has 0 aliphatic carbocycles. The van der Waals surface area contributed by atoms with Crippen LogP contribution in [0.15, 0.2) is 0 Å². The minimum atomic E-state index is -2.36. The second-order valence-corrected chi connectivity index (χ2v) is 11.1. The van der Waals surface area contributed by atoms with E-state index in [-0.39, 0.29) is 12.8 Å². The van der Waals surface area contributed by atoms with Crippen LogP contribution in [-0.4, -0.2) is 103 Å². The Morgan fingerprint density at radius 1 is 0.809 bits per heavy atom. The monoisotopic (exact) mass is 674 g/mol. The SMILES string of the molecule is COC(=O)[C@@]1(NC(=O)CCCCCCCCC(=O)O)C[C@H](OC(C)=O)[C@@H](NC(C)=O)[C@H]([C@H](OC(C)=O)[C@@H](COC(C)=O)OC(C)=O)O1. The molecule has 1 heterocycles. The first kappa shape index (κ1) is 40.7. The number of esters is 5. The van der Waals surface area contributed by atoms with E-state index in [0.717, 1.165) is 61.0 Å². The third-order valence-electron chi connectivity index (χ3n) is 6.93. The van der Waals surface area contributed by atoms with Crippen LogP contribution in [0.25, 0.3) is 0 Å². The lowest BCUT2D eigenvalue weighted by atomic mass is 9.86. The number of ether oxygens (including phenoxy) is 6. The van der Waals surface area contributed by atoms with Crippen molar-refractivity contribution in [2.24, 2.45) is 0 Å². The van der Waals surface area contributed by atoms with Gasteiger partial charge >= 0.3 is 35.8 Å². The summed E-state index contributed by atoms with van der Waals surface area (Å²) < 4.78 is 32.4. The number of hydrogen-bond donors (Lipinski definition) is 3. The average molecular weight is 675 g/mol. The van der Waals surface area contributed by atoms with Crippen molar-refractivity contribution in [3.8, 4) is 0 Å². The third-order valence-corrected chi connectivity index (χ3v) is 6.93. The van der Waals surface area contributed by atoms with Crippen LogP contribution >= 0.6 is 0 Å². The maximum absolute atomic E-state index is 13.4. The second-order valence-electron chi connectivity index (χ2n) is 11.1. The number of hydrogen-bond acceptors (Lipinski definition) is 14. The molecule has 0 aromatic carbocycles. The van der Waals surface area contributed by atoms with Crippen LogP contribution in [-0.2, 0) is 66.8 Å². The standard InChI is InChI=1S/C30H46N2O15/c1-17(33)31-26-22(44-19(3)35)15-30(29(41)42-6,32-24(38)13-11-9-7-8-10-12-14-25(39)40)47-28(26)27(46-21(5)37)23(45-20(4)36)16-43-18(2)34/h22-23,26-28H,7-16H2,1-6H3,(H,31,33)(H,32,38)(H,39,40)/t22-,23+,26+,27+,28+,30+/m0/s1. The van der Waals surface area contributed by atoms with Crippen LogP contribution in [0.2, 0.25) is 0 Å². The van der Waals surface area contributed by atoms with Gasteiger partial charge in [-0.3, -0.25) is 33.6 Å². The summed E-state index contributed by atoms with van der Waals surface area (Å²) in [5.41, 5.74) is -2.36. The molecule has 1 saturated heterocycles. The first-order valence-electron chi connectivity index (χ1n) is 15.2. The zero-order chi connectivity index (χ0) is 35.7. The maximum atomic E-state index is 13.4. The number of carbonyl (C=O) groups is 8. The van der Waals surface area contributed by atoms with Gasteiger partial charge in [0, 0.05) is 53.9 Å². The van der Waals surface area contributed by atoms with E-state index in [1.807, 2.05) is 0 Å². The summed E-state index contributed by atoms with van der Waals surface area (Å²) in [5.74, 6) is -6.70. The molecule has 0 bridgehead atoms. The van der Waals surface area contributed by atoms with Crippen molar-refractivity contribution in [2.45, 2.75) is 129 Å². The van der Waals surface area contributed by atoms with Gasteiger partial charge in [-0.1, -0.05) is 25.7 Å². The van der Waals surface area contributed by atoms with Crippen LogP contribution in [0.1, 0.15) is 92.4 Å². The molecule has 0 radical (unpaired) electrons. The number of carboxylic acids is 1. The Bertz CT molecular complexity index is 1140. The smallest absolute Gasteiger partial charge is 0.359 e. The summed E-state index contributed by atoms with van der Waals surface area (Å²) in [6, 6.07) is -1.35.